The van der Waals surface area contributed by atoms with Crippen LogP contribution >= 0.6 is 22.6 Å². The molecule has 1 aromatic heterocycles. The molecule has 0 saturated heterocycles. The minimum Gasteiger partial charge on any atom is -0.346 e. The molecule has 0 saturated carbocycles. The molecule has 0 fully saturated rings. The number of unbranched alkanes of at least 4 members (excludes halogenated alkanes) is 2. The zero-order valence-corrected chi connectivity index (χ0v) is 11.2. The summed E-state index contributed by atoms with van der Waals surface area (Å²) in [5, 5.41) is 1.38. The van der Waals surface area contributed by atoms with Gasteiger partial charge in [0.05, 0.1) is 0 Å². The minimum atomic E-state index is 1.15. The van der Waals surface area contributed by atoms with Crippen LogP contribution in [0, 0.1) is 3.57 Å². The molecule has 0 aliphatic heterocycles. The fourth-order valence-corrected chi connectivity index (χ4v) is 2.71. The average Bonchev–Trinajstić information content (AvgIpc) is 2.58. The van der Waals surface area contributed by atoms with Gasteiger partial charge in [0.1, 0.15) is 0 Å². The third-order valence-corrected chi connectivity index (χ3v) is 3.60. The van der Waals surface area contributed by atoms with Gasteiger partial charge in [0.2, 0.25) is 0 Å². The van der Waals surface area contributed by atoms with E-state index in [9.17, 15) is 0 Å². The van der Waals surface area contributed by atoms with E-state index >= 15 is 0 Å². The normalized spacial score (nSPS) is 11.1. The van der Waals surface area contributed by atoms with E-state index in [0.29, 0.717) is 0 Å². The van der Waals surface area contributed by atoms with Gasteiger partial charge >= 0.3 is 0 Å². The quantitative estimate of drug-likeness (QED) is 0.581. The predicted octanol–water partition coefficient (Wildman–Crippen LogP) is 4.44. The van der Waals surface area contributed by atoms with E-state index in [0.717, 1.165) is 6.54 Å². The van der Waals surface area contributed by atoms with E-state index in [2.05, 4.69) is 64.5 Å². The summed E-state index contributed by atoms with van der Waals surface area (Å²) in [7, 11) is 0. The third-order valence-electron chi connectivity index (χ3n) is 2.74. The molecule has 0 amide bonds. The summed E-state index contributed by atoms with van der Waals surface area (Å²) in [6.45, 7) is 3.40. The standard InChI is InChI=1S/C13H16IN/c1-2-3-6-9-15-10-12(14)11-7-4-5-8-13(11)15/h4-5,7-8,10H,2-3,6,9H2,1H3. The molecule has 1 aromatic carbocycles. The highest BCUT2D eigenvalue weighted by Gasteiger charge is 2.04. The van der Waals surface area contributed by atoms with Crippen molar-refractivity contribution >= 4 is 33.5 Å². The second-order valence-corrected chi connectivity index (χ2v) is 5.06. The molecule has 0 aliphatic rings. The molecule has 1 heterocycles. The smallest absolute Gasteiger partial charge is 0.0491 e. The Balaban J connectivity index is 2.27. The lowest BCUT2D eigenvalue weighted by Gasteiger charge is -2.03. The number of rotatable bonds is 4. The SMILES string of the molecule is CCCCCn1cc(I)c2ccccc21. The average molecular weight is 313 g/mol. The topological polar surface area (TPSA) is 4.93 Å². The molecule has 2 heteroatoms. The van der Waals surface area contributed by atoms with Crippen LogP contribution in [0.5, 0.6) is 0 Å². The first-order valence-corrected chi connectivity index (χ1v) is 6.64. The van der Waals surface area contributed by atoms with Crippen molar-refractivity contribution in [2.75, 3.05) is 0 Å². The molecule has 2 aromatic rings. The molecule has 0 radical (unpaired) electrons. The Morgan fingerprint density at radius 3 is 2.80 bits per heavy atom. The Hall–Kier alpha value is -0.510. The molecular weight excluding hydrogens is 297 g/mol. The molecule has 0 N–H and O–H groups in total. The lowest BCUT2D eigenvalue weighted by Crippen LogP contribution is -1.95. The van der Waals surface area contributed by atoms with Crippen LogP contribution in [0.4, 0.5) is 0 Å². The number of halogens is 1. The van der Waals surface area contributed by atoms with Crippen molar-refractivity contribution in [2.24, 2.45) is 0 Å². The molecule has 2 rings (SSSR count). The van der Waals surface area contributed by atoms with Gasteiger partial charge in [-0.1, -0.05) is 38.0 Å². The molecule has 80 valence electrons. The van der Waals surface area contributed by atoms with E-state index in [1.54, 1.807) is 0 Å². The van der Waals surface area contributed by atoms with Gasteiger partial charge in [0, 0.05) is 27.2 Å². The Morgan fingerprint density at radius 2 is 2.00 bits per heavy atom. The van der Waals surface area contributed by atoms with E-state index < -0.39 is 0 Å². The summed E-state index contributed by atoms with van der Waals surface area (Å²) in [5.41, 5.74) is 1.37. The van der Waals surface area contributed by atoms with Gasteiger partial charge in [-0.05, 0) is 35.1 Å². The number of para-hydroxylation sites is 1. The maximum atomic E-state index is 2.42. The molecule has 0 atom stereocenters. The molecular formula is C13H16IN. The summed E-state index contributed by atoms with van der Waals surface area (Å²) in [6.07, 6.45) is 6.16. The van der Waals surface area contributed by atoms with Gasteiger partial charge in [-0.25, -0.2) is 0 Å². The highest BCUT2D eigenvalue weighted by atomic mass is 127. The zero-order valence-electron chi connectivity index (χ0n) is 9.04. The molecule has 0 unspecified atom stereocenters. The van der Waals surface area contributed by atoms with E-state index in [1.807, 2.05) is 0 Å². The molecule has 0 aliphatic carbocycles. The highest BCUT2D eigenvalue weighted by molar-refractivity contribution is 14.1. The second kappa shape index (κ2) is 5.01. The van der Waals surface area contributed by atoms with Crippen molar-refractivity contribution in [2.45, 2.75) is 32.7 Å². The van der Waals surface area contributed by atoms with Crippen molar-refractivity contribution < 1.29 is 0 Å². The van der Waals surface area contributed by atoms with Gasteiger partial charge in [-0.15, -0.1) is 0 Å². The first-order chi connectivity index (χ1) is 7.33. The molecule has 0 spiro atoms. The zero-order chi connectivity index (χ0) is 10.7. The number of nitrogens with zero attached hydrogens (tertiary/aromatic N) is 1. The van der Waals surface area contributed by atoms with Gasteiger partial charge in [-0.2, -0.15) is 0 Å². The van der Waals surface area contributed by atoms with Gasteiger partial charge < -0.3 is 4.57 Å². The van der Waals surface area contributed by atoms with Gasteiger partial charge in [0.25, 0.3) is 0 Å². The van der Waals surface area contributed by atoms with Crippen LogP contribution in [0.1, 0.15) is 26.2 Å². The largest absolute Gasteiger partial charge is 0.346 e. The van der Waals surface area contributed by atoms with Crippen LogP contribution in [0.15, 0.2) is 30.5 Å². The van der Waals surface area contributed by atoms with E-state index in [4.69, 9.17) is 0 Å². The minimum absolute atomic E-state index is 1.15. The molecule has 1 nitrogen and oxygen atoms in total. The van der Waals surface area contributed by atoms with Gasteiger partial charge in [0.15, 0.2) is 0 Å². The van der Waals surface area contributed by atoms with E-state index in [-0.39, 0.29) is 0 Å². The fraction of sp³-hybridized carbons (Fsp3) is 0.385. The summed E-state index contributed by atoms with van der Waals surface area (Å²) >= 11 is 2.42. The maximum absolute atomic E-state index is 2.42. The number of hydrogen-bond donors (Lipinski definition) is 0. The summed E-state index contributed by atoms with van der Waals surface area (Å²) in [6, 6.07) is 8.65. The van der Waals surface area contributed by atoms with E-state index in [1.165, 1.54) is 33.7 Å². The number of aryl methyl sites for hydroxylation is 1. The summed E-state index contributed by atoms with van der Waals surface area (Å²) < 4.78 is 3.74. The predicted molar refractivity (Wildman–Crippen MR) is 74.2 cm³/mol. The Bertz CT molecular complexity index is 445. The Kier molecular flexibility index (Phi) is 3.67. The Labute approximate surface area is 105 Å². The summed E-state index contributed by atoms with van der Waals surface area (Å²) in [4.78, 5) is 0. The van der Waals surface area contributed by atoms with Crippen LogP contribution in [0.25, 0.3) is 10.9 Å². The molecule has 15 heavy (non-hydrogen) atoms. The lowest BCUT2D eigenvalue weighted by molar-refractivity contribution is 0.616. The van der Waals surface area contributed by atoms with Crippen LogP contribution in [-0.2, 0) is 6.54 Å². The number of aromatic nitrogens is 1. The molecule has 0 bridgehead atoms. The van der Waals surface area contributed by atoms with Crippen molar-refractivity contribution in [3.8, 4) is 0 Å². The third kappa shape index (κ3) is 2.36. The number of fused-ring (bicyclic) bond motifs is 1. The fourth-order valence-electron chi connectivity index (χ4n) is 1.92. The first kappa shape index (κ1) is 11.0. The maximum Gasteiger partial charge on any atom is 0.0491 e. The second-order valence-electron chi connectivity index (χ2n) is 3.89. The number of benzene rings is 1. The van der Waals surface area contributed by atoms with Crippen LogP contribution in [0.2, 0.25) is 0 Å². The Morgan fingerprint density at radius 1 is 1.20 bits per heavy atom. The van der Waals surface area contributed by atoms with Crippen LogP contribution in [0.3, 0.4) is 0 Å². The summed E-state index contributed by atoms with van der Waals surface area (Å²) in [5.74, 6) is 0. The van der Waals surface area contributed by atoms with Gasteiger partial charge in [-0.3, -0.25) is 0 Å². The van der Waals surface area contributed by atoms with Crippen molar-refractivity contribution in [3.05, 3.63) is 34.0 Å². The van der Waals surface area contributed by atoms with Crippen molar-refractivity contribution in [1.29, 1.82) is 0 Å². The monoisotopic (exact) mass is 313 g/mol. The van der Waals surface area contributed by atoms with Crippen LogP contribution in [-0.4, -0.2) is 4.57 Å². The van der Waals surface area contributed by atoms with Crippen molar-refractivity contribution in [1.82, 2.24) is 4.57 Å². The van der Waals surface area contributed by atoms with Crippen LogP contribution < -0.4 is 0 Å². The van der Waals surface area contributed by atoms with Crippen molar-refractivity contribution in [3.63, 3.8) is 0 Å². The lowest BCUT2D eigenvalue weighted by atomic mass is 10.2. The highest BCUT2D eigenvalue weighted by Crippen LogP contribution is 2.23. The first-order valence-electron chi connectivity index (χ1n) is 5.56. The number of hydrogen-bond acceptors (Lipinski definition) is 0.